The number of H-pyrrole nitrogens is 1. The monoisotopic (exact) mass is 383 g/mol. The first-order valence-corrected chi connectivity index (χ1v) is 8.84. The van der Waals surface area contributed by atoms with Crippen LogP contribution in [0.15, 0.2) is 42.9 Å². The molecule has 1 aliphatic heterocycles. The van der Waals surface area contributed by atoms with E-state index in [2.05, 4.69) is 25.0 Å². The Balaban J connectivity index is 1.68. The second kappa shape index (κ2) is 5.95. The molecule has 0 aromatic carbocycles. The van der Waals surface area contributed by atoms with Gasteiger partial charge in [-0.3, -0.25) is 0 Å². The molecule has 1 atom stereocenters. The number of anilines is 2. The summed E-state index contributed by atoms with van der Waals surface area (Å²) < 4.78 is 15.7. The molecule has 0 saturated carbocycles. The van der Waals surface area contributed by atoms with E-state index in [4.69, 9.17) is 17.3 Å². The number of pyridine rings is 2. The minimum Gasteiger partial charge on any atom is -0.396 e. The topological polar surface area (TPSA) is 88.1 Å². The van der Waals surface area contributed by atoms with Crippen LogP contribution >= 0.6 is 11.6 Å². The summed E-state index contributed by atoms with van der Waals surface area (Å²) in [6.07, 6.45) is 4.16. The molecular formula is C18H15ClFN7. The zero-order valence-electron chi connectivity index (χ0n) is 14.1. The summed E-state index contributed by atoms with van der Waals surface area (Å²) in [5.41, 5.74) is 9.21. The van der Waals surface area contributed by atoms with Crippen LogP contribution in [-0.2, 0) is 6.42 Å². The molecule has 136 valence electrons. The first-order valence-electron chi connectivity index (χ1n) is 8.46. The fraction of sp³-hybridized carbons (Fsp3) is 0.167. The summed E-state index contributed by atoms with van der Waals surface area (Å²) in [6.45, 7) is 0.684. The maximum absolute atomic E-state index is 14.2. The number of aromatic nitrogens is 5. The molecule has 0 bridgehead atoms. The number of imidazole rings is 1. The maximum atomic E-state index is 14.2. The van der Waals surface area contributed by atoms with Gasteiger partial charge in [-0.2, -0.15) is 5.10 Å². The second-order valence-electron chi connectivity index (χ2n) is 6.42. The molecule has 9 heteroatoms. The van der Waals surface area contributed by atoms with Crippen LogP contribution in [0.3, 0.4) is 0 Å². The number of nitrogen functional groups attached to an aromatic ring is 1. The van der Waals surface area contributed by atoms with Gasteiger partial charge >= 0.3 is 0 Å². The minimum atomic E-state index is -0.325. The van der Waals surface area contributed by atoms with Gasteiger partial charge < -0.3 is 15.6 Å². The molecule has 7 nitrogen and oxygen atoms in total. The molecule has 0 spiro atoms. The van der Waals surface area contributed by atoms with Gasteiger partial charge in [-0.15, -0.1) is 0 Å². The van der Waals surface area contributed by atoms with E-state index in [1.165, 1.54) is 10.6 Å². The van der Waals surface area contributed by atoms with Gasteiger partial charge in [-0.25, -0.2) is 18.9 Å². The molecule has 5 rings (SSSR count). The van der Waals surface area contributed by atoms with Crippen molar-refractivity contribution in [2.75, 3.05) is 17.2 Å². The summed E-state index contributed by atoms with van der Waals surface area (Å²) in [5, 5.41) is 4.84. The van der Waals surface area contributed by atoms with Gasteiger partial charge in [0.2, 0.25) is 0 Å². The largest absolute Gasteiger partial charge is 0.396 e. The summed E-state index contributed by atoms with van der Waals surface area (Å²) >= 11 is 6.14. The van der Waals surface area contributed by atoms with Crippen molar-refractivity contribution in [2.45, 2.75) is 12.5 Å². The molecule has 0 saturated heterocycles. The van der Waals surface area contributed by atoms with Crippen molar-refractivity contribution >= 4 is 28.6 Å². The van der Waals surface area contributed by atoms with E-state index in [1.54, 1.807) is 30.7 Å². The van der Waals surface area contributed by atoms with E-state index in [9.17, 15) is 4.39 Å². The zero-order valence-corrected chi connectivity index (χ0v) is 14.9. The lowest BCUT2D eigenvalue weighted by atomic mass is 9.99. The van der Waals surface area contributed by atoms with Crippen molar-refractivity contribution in [1.82, 2.24) is 24.6 Å². The van der Waals surface area contributed by atoms with Crippen molar-refractivity contribution in [3.8, 4) is 0 Å². The molecule has 0 fully saturated rings. The molecule has 1 aliphatic rings. The highest BCUT2D eigenvalue weighted by Crippen LogP contribution is 2.37. The number of nitrogens with zero attached hydrogens (tertiary/aromatic N) is 5. The number of aromatic amines is 1. The van der Waals surface area contributed by atoms with Crippen molar-refractivity contribution in [3.05, 3.63) is 70.9 Å². The van der Waals surface area contributed by atoms with Crippen molar-refractivity contribution in [1.29, 1.82) is 0 Å². The van der Waals surface area contributed by atoms with E-state index in [0.717, 1.165) is 17.8 Å². The van der Waals surface area contributed by atoms with Crippen molar-refractivity contribution < 1.29 is 4.39 Å². The molecule has 4 aromatic rings. The van der Waals surface area contributed by atoms with E-state index < -0.39 is 0 Å². The number of hydrogen-bond donors (Lipinski definition) is 2. The van der Waals surface area contributed by atoms with Gasteiger partial charge in [0.1, 0.15) is 23.2 Å². The SMILES string of the molecule is Nc1ccc(N2CCc3[nH]cnc3[C@H]2c2cc3c(F)cccn3n2)nc1Cl. The van der Waals surface area contributed by atoms with Crippen molar-refractivity contribution in [3.63, 3.8) is 0 Å². The zero-order chi connectivity index (χ0) is 18.5. The van der Waals surface area contributed by atoms with Crippen LogP contribution in [0.25, 0.3) is 5.52 Å². The smallest absolute Gasteiger partial charge is 0.154 e. The predicted octanol–water partition coefficient (Wildman–Crippen LogP) is 2.98. The number of nitrogens with two attached hydrogens (primary N) is 1. The molecule has 27 heavy (non-hydrogen) atoms. The molecule has 4 aromatic heterocycles. The van der Waals surface area contributed by atoms with Gasteiger partial charge in [0.15, 0.2) is 5.15 Å². The summed E-state index contributed by atoms with van der Waals surface area (Å²) in [4.78, 5) is 14.2. The van der Waals surface area contributed by atoms with E-state index >= 15 is 0 Å². The lowest BCUT2D eigenvalue weighted by Crippen LogP contribution is -2.37. The highest BCUT2D eigenvalue weighted by Gasteiger charge is 2.34. The number of rotatable bonds is 2. The van der Waals surface area contributed by atoms with Gasteiger partial charge in [0.05, 0.1) is 23.4 Å². The highest BCUT2D eigenvalue weighted by molar-refractivity contribution is 6.31. The number of halogens is 2. The number of nitrogens with one attached hydrogen (secondary N) is 1. The normalized spacial score (nSPS) is 16.7. The summed E-state index contributed by atoms with van der Waals surface area (Å²) in [6, 6.07) is 8.02. The van der Waals surface area contributed by atoms with Crippen LogP contribution in [0.2, 0.25) is 5.15 Å². The minimum absolute atomic E-state index is 0.250. The second-order valence-corrected chi connectivity index (χ2v) is 6.77. The first kappa shape index (κ1) is 16.1. The molecule has 5 heterocycles. The number of hydrogen-bond acceptors (Lipinski definition) is 5. The highest BCUT2D eigenvalue weighted by atomic mass is 35.5. The Labute approximate surface area is 158 Å². The third-order valence-corrected chi connectivity index (χ3v) is 5.13. The summed E-state index contributed by atoms with van der Waals surface area (Å²) in [7, 11) is 0. The first-order chi connectivity index (χ1) is 13.1. The van der Waals surface area contributed by atoms with Crippen LogP contribution < -0.4 is 10.6 Å². The van der Waals surface area contributed by atoms with Crippen molar-refractivity contribution in [2.24, 2.45) is 0 Å². The Morgan fingerprint density at radius 3 is 3.00 bits per heavy atom. The third kappa shape index (κ3) is 2.52. The molecule has 0 unspecified atom stereocenters. The Bertz CT molecular complexity index is 1150. The standard InChI is InChI=1S/C18H15ClFN7/c19-18-11(21)3-4-15(24-18)26-7-5-12-16(23-9-22-12)17(26)13-8-14-10(20)2-1-6-27(14)25-13/h1-4,6,8-9,17H,5,7,21H2,(H,22,23)/t17-/m1/s1. The molecule has 3 N–H and O–H groups in total. The number of fused-ring (bicyclic) bond motifs is 2. The van der Waals surface area contributed by atoms with Crippen LogP contribution in [-0.4, -0.2) is 31.1 Å². The van der Waals surface area contributed by atoms with Crippen LogP contribution in [0.4, 0.5) is 15.9 Å². The maximum Gasteiger partial charge on any atom is 0.154 e. The Hall–Kier alpha value is -3.13. The Kier molecular flexibility index (Phi) is 3.54. The average Bonchev–Trinajstić information content (AvgIpc) is 3.30. The van der Waals surface area contributed by atoms with Gasteiger partial charge in [0.25, 0.3) is 0 Å². The van der Waals surface area contributed by atoms with E-state index in [0.29, 0.717) is 29.3 Å². The Morgan fingerprint density at radius 1 is 1.30 bits per heavy atom. The molecular weight excluding hydrogens is 369 g/mol. The van der Waals surface area contributed by atoms with Gasteiger partial charge in [0, 0.05) is 24.9 Å². The lowest BCUT2D eigenvalue weighted by Gasteiger charge is -2.35. The third-order valence-electron chi connectivity index (χ3n) is 4.83. The van der Waals surface area contributed by atoms with Gasteiger partial charge in [-0.05, 0) is 30.3 Å². The van der Waals surface area contributed by atoms with E-state index in [-0.39, 0.29) is 17.0 Å². The van der Waals surface area contributed by atoms with Gasteiger partial charge in [-0.1, -0.05) is 11.6 Å². The average molecular weight is 384 g/mol. The quantitative estimate of drug-likeness (QED) is 0.519. The fourth-order valence-electron chi connectivity index (χ4n) is 3.55. The van der Waals surface area contributed by atoms with Crippen LogP contribution in [0.5, 0.6) is 0 Å². The van der Waals surface area contributed by atoms with E-state index in [1.807, 2.05) is 6.07 Å². The Morgan fingerprint density at radius 2 is 2.19 bits per heavy atom. The summed E-state index contributed by atoms with van der Waals surface area (Å²) in [5.74, 6) is 0.347. The molecule has 0 radical (unpaired) electrons. The van der Waals surface area contributed by atoms with Crippen LogP contribution in [0, 0.1) is 5.82 Å². The fourth-order valence-corrected chi connectivity index (χ4v) is 3.70. The van der Waals surface area contributed by atoms with Crippen LogP contribution in [0.1, 0.15) is 23.1 Å². The molecule has 0 aliphatic carbocycles. The lowest BCUT2D eigenvalue weighted by molar-refractivity contribution is 0.609. The molecule has 0 amide bonds. The predicted molar refractivity (Wildman–Crippen MR) is 100 cm³/mol.